The minimum absolute atomic E-state index is 0.298. The summed E-state index contributed by atoms with van der Waals surface area (Å²) in [6.07, 6.45) is 2.65. The lowest BCUT2D eigenvalue weighted by atomic mass is 10.2. The minimum atomic E-state index is -0.504. The van der Waals surface area contributed by atoms with Crippen LogP contribution in [0.3, 0.4) is 0 Å². The van der Waals surface area contributed by atoms with Crippen molar-refractivity contribution < 1.29 is 9.53 Å². The van der Waals surface area contributed by atoms with Crippen molar-refractivity contribution in [1.29, 1.82) is 0 Å². The number of hydrogen-bond acceptors (Lipinski definition) is 4. The third-order valence-corrected chi connectivity index (χ3v) is 2.80. The number of benzene rings is 1. The van der Waals surface area contributed by atoms with Gasteiger partial charge in [-0.2, -0.15) is 11.8 Å². The van der Waals surface area contributed by atoms with Crippen LogP contribution in [-0.2, 0) is 16.1 Å². The molecule has 0 bridgehead atoms. The molecule has 3 nitrogen and oxygen atoms in total. The molecule has 0 aromatic heterocycles. The number of hydrogen-bond donors (Lipinski definition) is 1. The Morgan fingerprint density at radius 1 is 1.44 bits per heavy atom. The number of carbonyl (C=O) groups is 1. The van der Waals surface area contributed by atoms with Gasteiger partial charge in [0, 0.05) is 0 Å². The average molecular weight is 239 g/mol. The molecule has 88 valence electrons. The molecule has 0 radical (unpaired) electrons. The quantitative estimate of drug-likeness (QED) is 0.769. The molecular formula is C12H17NO2S. The van der Waals surface area contributed by atoms with Crippen LogP contribution in [0, 0.1) is 0 Å². The van der Waals surface area contributed by atoms with Crippen LogP contribution in [0.25, 0.3) is 0 Å². The lowest BCUT2D eigenvalue weighted by Gasteiger charge is -2.10. The van der Waals surface area contributed by atoms with Crippen LogP contribution in [-0.4, -0.2) is 24.0 Å². The summed E-state index contributed by atoms with van der Waals surface area (Å²) in [6, 6.07) is 9.08. The van der Waals surface area contributed by atoms with Crippen LogP contribution in [0.1, 0.15) is 12.0 Å². The van der Waals surface area contributed by atoms with E-state index >= 15 is 0 Å². The second-order valence-corrected chi connectivity index (χ2v) is 4.47. The Bertz CT molecular complexity index is 316. The summed E-state index contributed by atoms with van der Waals surface area (Å²) in [5.41, 5.74) is 6.66. The van der Waals surface area contributed by atoms with E-state index in [1.807, 2.05) is 36.6 Å². The van der Waals surface area contributed by atoms with Crippen molar-refractivity contribution in [2.45, 2.75) is 19.1 Å². The summed E-state index contributed by atoms with van der Waals surface area (Å²) < 4.78 is 5.11. The molecule has 16 heavy (non-hydrogen) atoms. The van der Waals surface area contributed by atoms with Crippen molar-refractivity contribution >= 4 is 17.7 Å². The maximum absolute atomic E-state index is 11.5. The highest BCUT2D eigenvalue weighted by atomic mass is 32.2. The Balaban J connectivity index is 2.29. The van der Waals surface area contributed by atoms with Crippen molar-refractivity contribution in [3.63, 3.8) is 0 Å². The second-order valence-electron chi connectivity index (χ2n) is 3.48. The van der Waals surface area contributed by atoms with E-state index in [4.69, 9.17) is 10.5 Å². The van der Waals surface area contributed by atoms with Gasteiger partial charge in [-0.25, -0.2) is 0 Å². The van der Waals surface area contributed by atoms with E-state index in [1.165, 1.54) is 0 Å². The molecule has 0 amide bonds. The van der Waals surface area contributed by atoms with Crippen LogP contribution in [0.4, 0.5) is 0 Å². The largest absolute Gasteiger partial charge is 0.460 e. The first-order chi connectivity index (χ1) is 7.74. The first-order valence-electron chi connectivity index (χ1n) is 5.19. The Labute approximate surface area is 100 Å². The van der Waals surface area contributed by atoms with Gasteiger partial charge >= 0.3 is 5.97 Å². The van der Waals surface area contributed by atoms with Crippen molar-refractivity contribution in [2.24, 2.45) is 5.73 Å². The molecular weight excluding hydrogens is 222 g/mol. The van der Waals surface area contributed by atoms with Crippen LogP contribution in [0.2, 0.25) is 0 Å². The molecule has 0 saturated carbocycles. The van der Waals surface area contributed by atoms with Gasteiger partial charge in [-0.1, -0.05) is 30.3 Å². The predicted octanol–water partition coefficient (Wildman–Crippen LogP) is 1.81. The van der Waals surface area contributed by atoms with Crippen LogP contribution in [0.15, 0.2) is 30.3 Å². The topological polar surface area (TPSA) is 52.3 Å². The van der Waals surface area contributed by atoms with E-state index in [2.05, 4.69) is 0 Å². The average Bonchev–Trinajstić information content (AvgIpc) is 2.34. The van der Waals surface area contributed by atoms with Crippen molar-refractivity contribution in [3.05, 3.63) is 35.9 Å². The monoisotopic (exact) mass is 239 g/mol. The van der Waals surface area contributed by atoms with E-state index < -0.39 is 6.04 Å². The molecule has 4 heteroatoms. The Morgan fingerprint density at radius 2 is 2.12 bits per heavy atom. The summed E-state index contributed by atoms with van der Waals surface area (Å²) in [7, 11) is 0. The SMILES string of the molecule is CSCCC(N)C(=O)OCc1ccccc1. The zero-order valence-electron chi connectivity index (χ0n) is 9.39. The minimum Gasteiger partial charge on any atom is -0.460 e. The van der Waals surface area contributed by atoms with Crippen molar-refractivity contribution in [3.8, 4) is 0 Å². The number of esters is 1. The van der Waals surface area contributed by atoms with Gasteiger partial charge in [0.1, 0.15) is 12.6 Å². The summed E-state index contributed by atoms with van der Waals surface area (Å²) >= 11 is 1.67. The van der Waals surface area contributed by atoms with E-state index in [0.29, 0.717) is 13.0 Å². The second kappa shape index (κ2) is 7.30. The molecule has 0 saturated heterocycles. The zero-order chi connectivity index (χ0) is 11.8. The molecule has 0 spiro atoms. The fourth-order valence-electron chi connectivity index (χ4n) is 1.20. The normalized spacial score (nSPS) is 12.1. The van der Waals surface area contributed by atoms with Gasteiger partial charge in [-0.15, -0.1) is 0 Å². The maximum Gasteiger partial charge on any atom is 0.323 e. The fraction of sp³-hybridized carbons (Fsp3) is 0.417. The lowest BCUT2D eigenvalue weighted by molar-refractivity contribution is -0.146. The number of carbonyl (C=O) groups excluding carboxylic acids is 1. The third-order valence-electron chi connectivity index (χ3n) is 2.16. The van der Waals surface area contributed by atoms with Gasteiger partial charge in [0.15, 0.2) is 0 Å². The molecule has 0 aliphatic heterocycles. The zero-order valence-corrected chi connectivity index (χ0v) is 10.2. The van der Waals surface area contributed by atoms with Gasteiger partial charge in [0.25, 0.3) is 0 Å². The standard InChI is InChI=1S/C12H17NO2S/c1-16-8-7-11(13)12(14)15-9-10-5-3-2-4-6-10/h2-6,11H,7-9,13H2,1H3. The highest BCUT2D eigenvalue weighted by Crippen LogP contribution is 2.04. The highest BCUT2D eigenvalue weighted by molar-refractivity contribution is 7.98. The van der Waals surface area contributed by atoms with Gasteiger partial charge < -0.3 is 10.5 Å². The molecule has 0 fully saturated rings. The van der Waals surface area contributed by atoms with Gasteiger partial charge in [-0.05, 0) is 24.0 Å². The smallest absolute Gasteiger partial charge is 0.323 e. The maximum atomic E-state index is 11.5. The first-order valence-corrected chi connectivity index (χ1v) is 6.58. The first kappa shape index (κ1) is 13.1. The molecule has 1 unspecified atom stereocenters. The van der Waals surface area contributed by atoms with Gasteiger partial charge in [0.2, 0.25) is 0 Å². The number of nitrogens with two attached hydrogens (primary N) is 1. The van der Waals surface area contributed by atoms with Gasteiger partial charge in [0.05, 0.1) is 0 Å². The third kappa shape index (κ3) is 4.68. The Kier molecular flexibility index (Phi) is 5.96. The fourth-order valence-corrected chi connectivity index (χ4v) is 1.69. The van der Waals surface area contributed by atoms with E-state index in [9.17, 15) is 4.79 Å². The Morgan fingerprint density at radius 3 is 2.75 bits per heavy atom. The number of rotatable bonds is 6. The summed E-state index contributed by atoms with van der Waals surface area (Å²) in [5, 5.41) is 0. The summed E-state index contributed by atoms with van der Waals surface area (Å²) in [6.45, 7) is 0.298. The van der Waals surface area contributed by atoms with Crippen LogP contribution < -0.4 is 5.73 Å². The molecule has 0 heterocycles. The Hall–Kier alpha value is -1.00. The van der Waals surface area contributed by atoms with E-state index in [-0.39, 0.29) is 5.97 Å². The van der Waals surface area contributed by atoms with Crippen molar-refractivity contribution in [2.75, 3.05) is 12.0 Å². The van der Waals surface area contributed by atoms with E-state index in [1.54, 1.807) is 11.8 Å². The predicted molar refractivity (Wildman–Crippen MR) is 67.2 cm³/mol. The molecule has 2 N–H and O–H groups in total. The summed E-state index contributed by atoms with van der Waals surface area (Å²) in [4.78, 5) is 11.5. The summed E-state index contributed by atoms with van der Waals surface area (Å²) in [5.74, 6) is 0.555. The molecule has 1 rings (SSSR count). The molecule has 0 aliphatic carbocycles. The molecule has 1 aromatic rings. The highest BCUT2D eigenvalue weighted by Gasteiger charge is 2.14. The van der Waals surface area contributed by atoms with Crippen molar-refractivity contribution in [1.82, 2.24) is 0 Å². The molecule has 0 aliphatic rings. The van der Waals surface area contributed by atoms with Gasteiger partial charge in [-0.3, -0.25) is 4.79 Å². The molecule has 1 atom stereocenters. The molecule has 1 aromatic carbocycles. The van der Waals surface area contributed by atoms with E-state index in [0.717, 1.165) is 11.3 Å². The number of thioether (sulfide) groups is 1. The lowest BCUT2D eigenvalue weighted by Crippen LogP contribution is -2.32. The van der Waals surface area contributed by atoms with Crippen LogP contribution >= 0.6 is 11.8 Å². The number of ether oxygens (including phenoxy) is 1. The van der Waals surface area contributed by atoms with Crippen LogP contribution in [0.5, 0.6) is 0 Å².